The number of piperidine rings is 1. The number of hydrogen-bond donors (Lipinski definition) is 1. The number of carboxylic acid groups (broad SMARTS) is 1. The molecule has 178 valence electrons. The minimum absolute atomic E-state index is 0.250. The molecule has 1 saturated heterocycles. The summed E-state index contributed by atoms with van der Waals surface area (Å²) in [7, 11) is 1.92. The Hall–Kier alpha value is -3.35. The normalized spacial score (nSPS) is 15.2. The van der Waals surface area contributed by atoms with Gasteiger partial charge in [-0.3, -0.25) is 9.58 Å². The second kappa shape index (κ2) is 10.1. The molecule has 8 nitrogen and oxygen atoms in total. The smallest absolute Gasteiger partial charge is 0.475 e. The Bertz CT molecular complexity index is 1070. The number of rotatable bonds is 4. The van der Waals surface area contributed by atoms with Crippen molar-refractivity contribution in [2.75, 3.05) is 13.1 Å². The molecule has 1 aliphatic heterocycles. The largest absolute Gasteiger partial charge is 0.490 e. The Kier molecular flexibility index (Phi) is 7.41. The van der Waals surface area contributed by atoms with Gasteiger partial charge in [0.15, 0.2) is 0 Å². The van der Waals surface area contributed by atoms with E-state index in [2.05, 4.69) is 20.3 Å². The van der Waals surface area contributed by atoms with Gasteiger partial charge in [-0.25, -0.2) is 18.3 Å². The Labute approximate surface area is 185 Å². The third-order valence-corrected chi connectivity index (χ3v) is 5.01. The molecule has 0 spiro atoms. The highest BCUT2D eigenvalue weighted by Gasteiger charge is 2.38. The van der Waals surface area contributed by atoms with Crippen LogP contribution in [0, 0.1) is 11.6 Å². The first kappa shape index (κ1) is 24.3. The zero-order valence-electron chi connectivity index (χ0n) is 17.5. The van der Waals surface area contributed by atoms with Crippen molar-refractivity contribution in [3.63, 3.8) is 0 Å². The van der Waals surface area contributed by atoms with Gasteiger partial charge < -0.3 is 5.11 Å². The van der Waals surface area contributed by atoms with E-state index in [4.69, 9.17) is 9.90 Å². The molecule has 0 aliphatic carbocycles. The van der Waals surface area contributed by atoms with Gasteiger partial charge in [-0.15, -0.1) is 5.10 Å². The lowest BCUT2D eigenvalue weighted by Crippen LogP contribution is -2.34. The molecule has 0 bridgehead atoms. The molecule has 1 N–H and O–H groups in total. The first-order valence-electron chi connectivity index (χ1n) is 9.89. The van der Waals surface area contributed by atoms with Crippen LogP contribution in [0.25, 0.3) is 11.3 Å². The monoisotopic (exact) mass is 472 g/mol. The van der Waals surface area contributed by atoms with Crippen LogP contribution in [-0.2, 0) is 18.4 Å². The first-order chi connectivity index (χ1) is 15.5. The van der Waals surface area contributed by atoms with Gasteiger partial charge in [-0.2, -0.15) is 18.3 Å². The highest BCUT2D eigenvalue weighted by molar-refractivity contribution is 5.73. The fraction of sp³-hybridized carbons (Fsp3) is 0.400. The van der Waals surface area contributed by atoms with E-state index in [0.717, 1.165) is 38.5 Å². The molecule has 2 aromatic heterocycles. The van der Waals surface area contributed by atoms with Crippen LogP contribution >= 0.6 is 0 Å². The number of carbonyl (C=O) groups is 1. The fourth-order valence-electron chi connectivity index (χ4n) is 3.44. The number of aromatic nitrogens is 5. The van der Waals surface area contributed by atoms with E-state index in [1.807, 2.05) is 28.8 Å². The Balaban J connectivity index is 0.000000383. The van der Waals surface area contributed by atoms with Gasteiger partial charge in [0, 0.05) is 50.1 Å². The van der Waals surface area contributed by atoms with Crippen LogP contribution < -0.4 is 0 Å². The molecule has 0 saturated carbocycles. The summed E-state index contributed by atoms with van der Waals surface area (Å²) in [5.74, 6) is -3.98. The number of carboxylic acids is 1. The minimum atomic E-state index is -5.08. The molecular weight excluding hydrogens is 451 g/mol. The van der Waals surface area contributed by atoms with Crippen LogP contribution in [0.3, 0.4) is 0 Å². The van der Waals surface area contributed by atoms with Crippen LogP contribution in [0.5, 0.6) is 0 Å². The number of aliphatic carboxylic acids is 1. The lowest BCUT2D eigenvalue weighted by atomic mass is 10.0. The molecule has 0 unspecified atom stereocenters. The molecule has 4 rings (SSSR count). The van der Waals surface area contributed by atoms with Crippen molar-refractivity contribution in [3.05, 3.63) is 54.0 Å². The van der Waals surface area contributed by atoms with Crippen molar-refractivity contribution in [1.29, 1.82) is 0 Å². The molecule has 1 aromatic carbocycles. The van der Waals surface area contributed by atoms with E-state index >= 15 is 0 Å². The lowest BCUT2D eigenvalue weighted by molar-refractivity contribution is -0.192. The number of hydrogen-bond acceptors (Lipinski definition) is 5. The molecule has 3 aromatic rings. The van der Waals surface area contributed by atoms with E-state index in [0.29, 0.717) is 11.3 Å². The third-order valence-electron chi connectivity index (χ3n) is 5.01. The average Bonchev–Trinajstić information content (AvgIpc) is 3.37. The number of halogens is 5. The molecule has 1 aliphatic rings. The van der Waals surface area contributed by atoms with E-state index in [1.54, 1.807) is 6.20 Å². The first-order valence-corrected chi connectivity index (χ1v) is 9.89. The van der Waals surface area contributed by atoms with Gasteiger partial charge in [-0.1, -0.05) is 5.21 Å². The highest BCUT2D eigenvalue weighted by atomic mass is 19.4. The summed E-state index contributed by atoms with van der Waals surface area (Å²) < 4.78 is 62.2. The Morgan fingerprint density at radius 3 is 2.24 bits per heavy atom. The summed E-state index contributed by atoms with van der Waals surface area (Å²) in [6.45, 7) is 2.82. The maximum atomic E-state index is 13.4. The van der Waals surface area contributed by atoms with E-state index in [9.17, 15) is 22.0 Å². The number of alkyl halides is 3. The number of benzene rings is 1. The molecule has 33 heavy (non-hydrogen) atoms. The molecular formula is C20H21F5N6O2. The van der Waals surface area contributed by atoms with Crippen molar-refractivity contribution in [1.82, 2.24) is 29.7 Å². The van der Waals surface area contributed by atoms with Gasteiger partial charge in [0.1, 0.15) is 17.3 Å². The molecule has 3 heterocycles. The van der Waals surface area contributed by atoms with Gasteiger partial charge >= 0.3 is 12.1 Å². The van der Waals surface area contributed by atoms with Gasteiger partial charge in [0.25, 0.3) is 0 Å². The fourth-order valence-corrected chi connectivity index (χ4v) is 3.44. The van der Waals surface area contributed by atoms with Gasteiger partial charge in [0.2, 0.25) is 0 Å². The zero-order valence-corrected chi connectivity index (χ0v) is 17.5. The van der Waals surface area contributed by atoms with E-state index in [1.165, 1.54) is 17.7 Å². The van der Waals surface area contributed by atoms with Crippen LogP contribution in [-0.4, -0.2) is 60.0 Å². The third kappa shape index (κ3) is 6.81. The number of likely N-dealkylation sites (tertiary alicyclic amines) is 1. The summed E-state index contributed by atoms with van der Waals surface area (Å²) in [5.41, 5.74) is 2.10. The van der Waals surface area contributed by atoms with Crippen LogP contribution in [0.4, 0.5) is 22.0 Å². The summed E-state index contributed by atoms with van der Waals surface area (Å²) in [6, 6.07) is 3.65. The molecule has 1 fully saturated rings. The maximum absolute atomic E-state index is 13.4. The summed E-state index contributed by atoms with van der Waals surface area (Å²) in [4.78, 5) is 11.3. The highest BCUT2D eigenvalue weighted by Crippen LogP contribution is 2.25. The van der Waals surface area contributed by atoms with E-state index < -0.39 is 23.8 Å². The van der Waals surface area contributed by atoms with Crippen LogP contribution in [0.1, 0.15) is 24.4 Å². The van der Waals surface area contributed by atoms with Crippen LogP contribution in [0.15, 0.2) is 36.8 Å². The zero-order chi connectivity index (χ0) is 24.2. The Morgan fingerprint density at radius 2 is 1.73 bits per heavy atom. The Morgan fingerprint density at radius 1 is 1.12 bits per heavy atom. The van der Waals surface area contributed by atoms with Crippen molar-refractivity contribution in [3.8, 4) is 11.3 Å². The minimum Gasteiger partial charge on any atom is -0.475 e. The standard InChI is InChI=1S/C18H20F2N6.C2HF3O2/c1-24-10-13(9-21-24)11-25-4-2-17(3-5-25)26-12-18(22-23-26)14-6-15(19)8-16(20)7-14;3-2(4,5)1(6)7/h6-10,12,17H,2-5,11H2,1H3;(H,6,7). The lowest BCUT2D eigenvalue weighted by Gasteiger charge is -2.31. The predicted molar refractivity (Wildman–Crippen MR) is 106 cm³/mol. The number of nitrogens with zero attached hydrogens (tertiary/aromatic N) is 6. The SMILES string of the molecule is Cn1cc(CN2CCC(n3cc(-c4cc(F)cc(F)c4)nn3)CC2)cn1.O=C(O)C(F)(F)F. The van der Waals surface area contributed by atoms with Crippen molar-refractivity contribution in [2.24, 2.45) is 7.05 Å². The van der Waals surface area contributed by atoms with Crippen molar-refractivity contribution in [2.45, 2.75) is 31.6 Å². The molecule has 13 heteroatoms. The predicted octanol–water partition coefficient (Wildman–Crippen LogP) is 3.43. The van der Waals surface area contributed by atoms with Crippen molar-refractivity contribution < 1.29 is 31.9 Å². The molecule has 0 radical (unpaired) electrons. The topological polar surface area (TPSA) is 89.1 Å². The number of aryl methyl sites for hydroxylation is 1. The molecule has 0 amide bonds. The maximum Gasteiger partial charge on any atom is 0.490 e. The summed E-state index contributed by atoms with van der Waals surface area (Å²) in [5, 5.41) is 19.6. The van der Waals surface area contributed by atoms with E-state index in [-0.39, 0.29) is 6.04 Å². The molecule has 0 atom stereocenters. The van der Waals surface area contributed by atoms with Gasteiger partial charge in [-0.05, 0) is 25.0 Å². The second-order valence-electron chi connectivity index (χ2n) is 7.57. The average molecular weight is 472 g/mol. The van der Waals surface area contributed by atoms with Gasteiger partial charge in [0.05, 0.1) is 18.4 Å². The van der Waals surface area contributed by atoms with Crippen molar-refractivity contribution >= 4 is 5.97 Å². The van der Waals surface area contributed by atoms with Crippen LogP contribution in [0.2, 0.25) is 0 Å². The summed E-state index contributed by atoms with van der Waals surface area (Å²) in [6.07, 6.45) is 2.54. The second-order valence-corrected chi connectivity index (χ2v) is 7.57. The quantitative estimate of drug-likeness (QED) is 0.586. The summed E-state index contributed by atoms with van der Waals surface area (Å²) >= 11 is 0.